The van der Waals surface area contributed by atoms with E-state index in [2.05, 4.69) is 5.32 Å². The van der Waals surface area contributed by atoms with Crippen LogP contribution in [0.3, 0.4) is 0 Å². The van der Waals surface area contributed by atoms with Crippen LogP contribution in [-0.4, -0.2) is 17.6 Å². The number of hydrogen-bond donors (Lipinski definition) is 2. The lowest BCUT2D eigenvalue weighted by molar-refractivity contribution is -0.118. The van der Waals surface area contributed by atoms with E-state index in [0.29, 0.717) is 5.69 Å². The number of benzene rings is 2. The molecular formula is C16H16ClNO3. The molecule has 110 valence electrons. The molecule has 4 nitrogen and oxygen atoms in total. The smallest absolute Gasteiger partial charge is 0.262 e. The summed E-state index contributed by atoms with van der Waals surface area (Å²) in [6.07, 6.45) is 0. The van der Waals surface area contributed by atoms with Gasteiger partial charge in [0.25, 0.3) is 5.91 Å². The average Bonchev–Trinajstić information content (AvgIpc) is 2.40. The lowest BCUT2D eigenvalue weighted by Gasteiger charge is -2.11. The Balaban J connectivity index is 1.97. The van der Waals surface area contributed by atoms with Gasteiger partial charge in [0.05, 0.1) is 5.02 Å². The fraction of sp³-hybridized carbons (Fsp3) is 0.188. The second kappa shape index (κ2) is 6.50. The molecule has 0 aliphatic rings. The Labute approximate surface area is 128 Å². The van der Waals surface area contributed by atoms with Crippen LogP contribution in [0.4, 0.5) is 5.69 Å². The van der Waals surface area contributed by atoms with E-state index in [1.165, 1.54) is 6.07 Å². The predicted molar refractivity (Wildman–Crippen MR) is 83.2 cm³/mol. The van der Waals surface area contributed by atoms with Gasteiger partial charge in [-0.1, -0.05) is 29.3 Å². The maximum atomic E-state index is 11.8. The zero-order valence-electron chi connectivity index (χ0n) is 11.8. The first-order valence-electron chi connectivity index (χ1n) is 6.44. The Morgan fingerprint density at radius 1 is 1.19 bits per heavy atom. The topological polar surface area (TPSA) is 58.6 Å². The first kappa shape index (κ1) is 15.2. The number of carbonyl (C=O) groups is 1. The van der Waals surface area contributed by atoms with E-state index >= 15 is 0 Å². The molecule has 2 rings (SSSR count). The summed E-state index contributed by atoms with van der Waals surface area (Å²) < 4.78 is 5.29. The summed E-state index contributed by atoms with van der Waals surface area (Å²) in [5.41, 5.74) is 2.61. The van der Waals surface area contributed by atoms with Gasteiger partial charge in [-0.3, -0.25) is 4.79 Å². The van der Waals surface area contributed by atoms with E-state index in [1.807, 2.05) is 31.2 Å². The fourth-order valence-corrected chi connectivity index (χ4v) is 2.15. The SMILES string of the molecule is Cc1ccc(NC(=O)COc2c(O)cc(C)cc2Cl)cc1. The zero-order chi connectivity index (χ0) is 15.4. The Morgan fingerprint density at radius 3 is 2.48 bits per heavy atom. The zero-order valence-corrected chi connectivity index (χ0v) is 12.6. The standard InChI is InChI=1S/C16H16ClNO3/c1-10-3-5-12(6-4-10)18-15(20)9-21-16-13(17)7-11(2)8-14(16)19/h3-8,19H,9H2,1-2H3,(H,18,20). The van der Waals surface area contributed by atoms with Crippen molar-refractivity contribution < 1.29 is 14.6 Å². The number of ether oxygens (including phenoxy) is 1. The highest BCUT2D eigenvalue weighted by molar-refractivity contribution is 6.32. The van der Waals surface area contributed by atoms with E-state index in [1.54, 1.807) is 13.0 Å². The molecule has 2 aromatic carbocycles. The van der Waals surface area contributed by atoms with E-state index in [0.717, 1.165) is 11.1 Å². The van der Waals surface area contributed by atoms with Gasteiger partial charge >= 0.3 is 0 Å². The number of amides is 1. The van der Waals surface area contributed by atoms with Crippen LogP contribution in [0.2, 0.25) is 5.02 Å². The number of hydrogen-bond acceptors (Lipinski definition) is 3. The highest BCUT2D eigenvalue weighted by atomic mass is 35.5. The second-order valence-corrected chi connectivity index (χ2v) is 5.21. The third-order valence-electron chi connectivity index (χ3n) is 2.85. The molecule has 0 radical (unpaired) electrons. The number of aromatic hydroxyl groups is 1. The molecule has 5 heteroatoms. The van der Waals surface area contributed by atoms with Gasteiger partial charge < -0.3 is 15.2 Å². The molecule has 2 N–H and O–H groups in total. The molecule has 0 bridgehead atoms. The van der Waals surface area contributed by atoms with Gasteiger partial charge in [-0.05, 0) is 43.7 Å². The van der Waals surface area contributed by atoms with Gasteiger partial charge in [-0.15, -0.1) is 0 Å². The Morgan fingerprint density at radius 2 is 1.86 bits per heavy atom. The number of anilines is 1. The molecule has 0 saturated carbocycles. The second-order valence-electron chi connectivity index (χ2n) is 4.80. The van der Waals surface area contributed by atoms with Gasteiger partial charge in [0.1, 0.15) is 0 Å². The minimum absolute atomic E-state index is 0.0804. The van der Waals surface area contributed by atoms with Crippen LogP contribution in [0, 0.1) is 13.8 Å². The van der Waals surface area contributed by atoms with E-state index in [9.17, 15) is 9.90 Å². The Kier molecular flexibility index (Phi) is 4.70. The molecule has 0 aliphatic heterocycles. The maximum absolute atomic E-state index is 11.8. The summed E-state index contributed by atoms with van der Waals surface area (Å²) in [6.45, 7) is 3.54. The van der Waals surface area contributed by atoms with Crippen molar-refractivity contribution in [2.75, 3.05) is 11.9 Å². The van der Waals surface area contributed by atoms with Gasteiger partial charge in [-0.25, -0.2) is 0 Å². The van der Waals surface area contributed by atoms with Crippen molar-refractivity contribution in [2.24, 2.45) is 0 Å². The monoisotopic (exact) mass is 305 g/mol. The Hall–Kier alpha value is -2.20. The summed E-state index contributed by atoms with van der Waals surface area (Å²) in [5, 5.41) is 12.7. The minimum atomic E-state index is -0.324. The summed E-state index contributed by atoms with van der Waals surface area (Å²) in [5.74, 6) is -0.292. The van der Waals surface area contributed by atoms with Crippen molar-refractivity contribution in [2.45, 2.75) is 13.8 Å². The molecule has 0 saturated heterocycles. The largest absolute Gasteiger partial charge is 0.504 e. The van der Waals surface area contributed by atoms with Crippen molar-refractivity contribution in [3.05, 3.63) is 52.5 Å². The van der Waals surface area contributed by atoms with Crippen LogP contribution in [0.15, 0.2) is 36.4 Å². The van der Waals surface area contributed by atoms with E-state index in [-0.39, 0.29) is 29.0 Å². The summed E-state index contributed by atoms with van der Waals surface area (Å²) in [6, 6.07) is 10.6. The predicted octanol–water partition coefficient (Wildman–Crippen LogP) is 3.68. The molecule has 1 amide bonds. The van der Waals surface area contributed by atoms with Crippen molar-refractivity contribution in [1.29, 1.82) is 0 Å². The van der Waals surface area contributed by atoms with Crippen molar-refractivity contribution in [1.82, 2.24) is 0 Å². The average molecular weight is 306 g/mol. The molecule has 21 heavy (non-hydrogen) atoms. The van der Waals surface area contributed by atoms with Crippen LogP contribution in [0.5, 0.6) is 11.5 Å². The summed E-state index contributed by atoms with van der Waals surface area (Å²) in [4.78, 5) is 11.8. The Bertz CT molecular complexity index is 630. The number of halogens is 1. The molecular weight excluding hydrogens is 290 g/mol. The number of phenolic OH excluding ortho intramolecular Hbond substituents is 1. The van der Waals surface area contributed by atoms with Crippen molar-refractivity contribution >= 4 is 23.2 Å². The first-order chi connectivity index (χ1) is 9.95. The molecule has 2 aromatic rings. The third kappa shape index (κ3) is 4.13. The quantitative estimate of drug-likeness (QED) is 0.906. The van der Waals surface area contributed by atoms with E-state index < -0.39 is 0 Å². The highest BCUT2D eigenvalue weighted by Crippen LogP contribution is 2.35. The molecule has 0 heterocycles. The summed E-state index contributed by atoms with van der Waals surface area (Å²) >= 11 is 5.98. The van der Waals surface area contributed by atoms with Gasteiger partial charge in [0.2, 0.25) is 0 Å². The minimum Gasteiger partial charge on any atom is -0.504 e. The van der Waals surface area contributed by atoms with Crippen molar-refractivity contribution in [3.8, 4) is 11.5 Å². The maximum Gasteiger partial charge on any atom is 0.262 e. The van der Waals surface area contributed by atoms with Gasteiger partial charge in [0, 0.05) is 5.69 Å². The highest BCUT2D eigenvalue weighted by Gasteiger charge is 2.11. The van der Waals surface area contributed by atoms with Crippen LogP contribution < -0.4 is 10.1 Å². The molecule has 0 aromatic heterocycles. The lowest BCUT2D eigenvalue weighted by atomic mass is 10.2. The van der Waals surface area contributed by atoms with Crippen LogP contribution >= 0.6 is 11.6 Å². The molecule has 0 spiro atoms. The number of aryl methyl sites for hydroxylation is 2. The van der Waals surface area contributed by atoms with E-state index in [4.69, 9.17) is 16.3 Å². The van der Waals surface area contributed by atoms with Crippen LogP contribution in [-0.2, 0) is 4.79 Å². The first-order valence-corrected chi connectivity index (χ1v) is 6.82. The van der Waals surface area contributed by atoms with Crippen molar-refractivity contribution in [3.63, 3.8) is 0 Å². The van der Waals surface area contributed by atoms with Gasteiger partial charge in [-0.2, -0.15) is 0 Å². The summed E-state index contributed by atoms with van der Waals surface area (Å²) in [7, 11) is 0. The molecule has 0 fully saturated rings. The molecule has 0 unspecified atom stereocenters. The normalized spacial score (nSPS) is 10.2. The number of nitrogens with one attached hydrogen (secondary N) is 1. The molecule has 0 aliphatic carbocycles. The fourth-order valence-electron chi connectivity index (χ4n) is 1.83. The number of rotatable bonds is 4. The van der Waals surface area contributed by atoms with Crippen LogP contribution in [0.25, 0.3) is 0 Å². The van der Waals surface area contributed by atoms with Crippen LogP contribution in [0.1, 0.15) is 11.1 Å². The molecule has 0 atom stereocenters. The lowest BCUT2D eigenvalue weighted by Crippen LogP contribution is -2.20. The third-order valence-corrected chi connectivity index (χ3v) is 3.13. The van der Waals surface area contributed by atoms with Gasteiger partial charge in [0.15, 0.2) is 18.1 Å². The number of phenols is 1. The number of carbonyl (C=O) groups excluding carboxylic acids is 1.